The molecule has 1 aromatic carbocycles. The summed E-state index contributed by atoms with van der Waals surface area (Å²) in [4.78, 5) is 19.8. The maximum absolute atomic E-state index is 11.6. The van der Waals surface area contributed by atoms with Crippen LogP contribution in [0.2, 0.25) is 0 Å². The predicted octanol–water partition coefficient (Wildman–Crippen LogP) is 0.545. The molecule has 0 aliphatic heterocycles. The summed E-state index contributed by atoms with van der Waals surface area (Å²) in [5, 5.41) is 10.6. The lowest BCUT2D eigenvalue weighted by Gasteiger charge is -2.08. The molecule has 2 aromatic rings. The number of rotatable bonds is 7. The largest absolute Gasteiger partial charge is 0.340 e. The molecule has 0 atom stereocenters. The van der Waals surface area contributed by atoms with Gasteiger partial charge in [-0.2, -0.15) is 4.98 Å². The number of nitrogens with zero attached hydrogens (tertiary/aromatic N) is 2. The van der Waals surface area contributed by atoms with Crippen molar-refractivity contribution in [3.63, 3.8) is 0 Å². The van der Waals surface area contributed by atoms with Crippen molar-refractivity contribution in [3.05, 3.63) is 36.5 Å². The van der Waals surface area contributed by atoms with Crippen LogP contribution in [-0.2, 0) is 14.8 Å². The van der Waals surface area contributed by atoms with Gasteiger partial charge in [0, 0.05) is 18.3 Å². The van der Waals surface area contributed by atoms with Gasteiger partial charge in [-0.15, -0.1) is 0 Å². The summed E-state index contributed by atoms with van der Waals surface area (Å²) in [6, 6.07) is 7.49. The second-order valence-electron chi connectivity index (χ2n) is 4.90. The maximum Gasteiger partial charge on any atom is 0.238 e. The second-order valence-corrected chi connectivity index (χ2v) is 6.46. The average molecular weight is 350 g/mol. The molecule has 1 amide bonds. The highest BCUT2D eigenvalue weighted by atomic mass is 32.2. The van der Waals surface area contributed by atoms with E-state index < -0.39 is 10.0 Å². The third kappa shape index (κ3) is 5.26. The number of hydrogen-bond acceptors (Lipinski definition) is 7. The van der Waals surface area contributed by atoms with Crippen molar-refractivity contribution in [3.8, 4) is 0 Å². The quantitative estimate of drug-likeness (QED) is 0.568. The first-order valence-electron chi connectivity index (χ1n) is 7.11. The van der Waals surface area contributed by atoms with Gasteiger partial charge in [-0.25, -0.2) is 18.5 Å². The zero-order valence-electron chi connectivity index (χ0n) is 12.8. The van der Waals surface area contributed by atoms with Crippen LogP contribution in [0, 0.1) is 0 Å². The van der Waals surface area contributed by atoms with E-state index in [9.17, 15) is 13.2 Å². The van der Waals surface area contributed by atoms with E-state index in [4.69, 9.17) is 10.9 Å². The average Bonchev–Trinajstić information content (AvgIpc) is 2.53. The third-order valence-corrected chi connectivity index (χ3v) is 3.90. The van der Waals surface area contributed by atoms with Crippen LogP contribution in [-0.4, -0.2) is 30.8 Å². The summed E-state index contributed by atoms with van der Waals surface area (Å²) < 4.78 is 22.4. The normalized spacial score (nSPS) is 11.1. The van der Waals surface area contributed by atoms with Gasteiger partial charge in [0.05, 0.1) is 4.90 Å². The van der Waals surface area contributed by atoms with Crippen molar-refractivity contribution in [2.45, 2.75) is 17.7 Å². The Bertz CT molecular complexity index is 808. The molecule has 10 heteroatoms. The lowest BCUT2D eigenvalue weighted by Crippen LogP contribution is -2.15. The second kappa shape index (κ2) is 7.81. The molecular formula is C14H18N6O3S. The number of carbonyl (C=O) groups is 1. The molecule has 0 radical (unpaired) electrons. The van der Waals surface area contributed by atoms with Crippen LogP contribution < -0.4 is 21.5 Å². The topological polar surface area (TPSA) is 153 Å². The van der Waals surface area contributed by atoms with Gasteiger partial charge in [0.1, 0.15) is 5.82 Å². The van der Waals surface area contributed by atoms with Crippen molar-refractivity contribution in [2.24, 2.45) is 10.9 Å². The molecule has 0 spiro atoms. The standard InChI is InChI=1S/C14H18N6O3S/c15-8-1-2-13(21)20-14-17-9-7-12(19-14)18-10-3-5-11(6-4-10)24(16,22)23/h3-7,9H,1-2,8,15H2,(H2,16,22,23)(H2,17,18,19,20,21). The number of sulfonamides is 1. The van der Waals surface area contributed by atoms with Gasteiger partial charge in [-0.1, -0.05) is 0 Å². The fourth-order valence-electron chi connectivity index (χ4n) is 1.81. The number of primary sulfonamides is 1. The van der Waals surface area contributed by atoms with Crippen molar-refractivity contribution >= 4 is 33.4 Å². The third-order valence-electron chi connectivity index (χ3n) is 2.97. The van der Waals surface area contributed by atoms with E-state index in [2.05, 4.69) is 20.6 Å². The molecule has 0 fully saturated rings. The molecule has 24 heavy (non-hydrogen) atoms. The molecule has 128 valence electrons. The van der Waals surface area contributed by atoms with E-state index in [1.807, 2.05) is 0 Å². The minimum Gasteiger partial charge on any atom is -0.340 e. The first-order chi connectivity index (χ1) is 11.4. The molecule has 0 saturated heterocycles. The number of hydrogen-bond donors (Lipinski definition) is 4. The zero-order chi connectivity index (χ0) is 17.6. The summed E-state index contributed by atoms with van der Waals surface area (Å²) in [6.45, 7) is 0.435. The maximum atomic E-state index is 11.6. The zero-order valence-corrected chi connectivity index (χ0v) is 13.6. The van der Waals surface area contributed by atoms with E-state index >= 15 is 0 Å². The smallest absolute Gasteiger partial charge is 0.238 e. The minimum atomic E-state index is -3.73. The van der Waals surface area contributed by atoms with Crippen LogP contribution in [0.1, 0.15) is 12.8 Å². The summed E-state index contributed by atoms with van der Waals surface area (Å²) in [7, 11) is -3.73. The highest BCUT2D eigenvalue weighted by Crippen LogP contribution is 2.17. The Morgan fingerprint density at radius 1 is 1.17 bits per heavy atom. The molecule has 1 heterocycles. The molecule has 0 unspecified atom stereocenters. The fraction of sp³-hybridized carbons (Fsp3) is 0.214. The number of aromatic nitrogens is 2. The fourth-order valence-corrected chi connectivity index (χ4v) is 2.33. The molecule has 6 N–H and O–H groups in total. The molecule has 2 rings (SSSR count). The lowest BCUT2D eigenvalue weighted by molar-refractivity contribution is -0.116. The lowest BCUT2D eigenvalue weighted by atomic mass is 10.3. The van der Waals surface area contributed by atoms with Gasteiger partial charge >= 0.3 is 0 Å². The van der Waals surface area contributed by atoms with Gasteiger partial charge < -0.3 is 11.1 Å². The number of amides is 1. The van der Waals surface area contributed by atoms with Gasteiger partial charge in [-0.05, 0) is 43.3 Å². The van der Waals surface area contributed by atoms with Crippen LogP contribution >= 0.6 is 0 Å². The summed E-state index contributed by atoms with van der Waals surface area (Å²) in [5.41, 5.74) is 5.96. The van der Waals surface area contributed by atoms with E-state index in [-0.39, 0.29) is 16.8 Å². The number of carbonyl (C=O) groups excluding carboxylic acids is 1. The highest BCUT2D eigenvalue weighted by molar-refractivity contribution is 7.89. The van der Waals surface area contributed by atoms with E-state index in [0.29, 0.717) is 30.9 Å². The monoisotopic (exact) mass is 350 g/mol. The van der Waals surface area contributed by atoms with Crippen LogP contribution in [0.4, 0.5) is 17.5 Å². The number of nitrogens with one attached hydrogen (secondary N) is 2. The Hall–Kier alpha value is -2.56. The van der Waals surface area contributed by atoms with E-state index in [1.165, 1.54) is 18.3 Å². The Labute approximate surface area is 139 Å². The van der Waals surface area contributed by atoms with Crippen molar-refractivity contribution in [1.82, 2.24) is 9.97 Å². The SMILES string of the molecule is NCCCC(=O)Nc1nccc(Nc2ccc(S(N)(=O)=O)cc2)n1. The van der Waals surface area contributed by atoms with Crippen LogP contribution in [0.15, 0.2) is 41.4 Å². The van der Waals surface area contributed by atoms with E-state index in [1.54, 1.807) is 18.2 Å². The summed E-state index contributed by atoms with van der Waals surface area (Å²) in [5.74, 6) is 0.403. The first kappa shape index (κ1) is 17.8. The molecular weight excluding hydrogens is 332 g/mol. The first-order valence-corrected chi connectivity index (χ1v) is 8.66. The van der Waals surface area contributed by atoms with Crippen LogP contribution in [0.3, 0.4) is 0 Å². The van der Waals surface area contributed by atoms with Crippen molar-refractivity contribution < 1.29 is 13.2 Å². The van der Waals surface area contributed by atoms with E-state index in [0.717, 1.165) is 0 Å². The van der Waals surface area contributed by atoms with Gasteiger partial charge in [0.15, 0.2) is 0 Å². The van der Waals surface area contributed by atoms with Crippen LogP contribution in [0.25, 0.3) is 0 Å². The van der Waals surface area contributed by atoms with Crippen molar-refractivity contribution in [2.75, 3.05) is 17.2 Å². The number of anilines is 3. The molecule has 9 nitrogen and oxygen atoms in total. The number of benzene rings is 1. The minimum absolute atomic E-state index is 0.0172. The molecule has 0 aliphatic rings. The Kier molecular flexibility index (Phi) is 5.79. The Morgan fingerprint density at radius 3 is 2.50 bits per heavy atom. The number of nitrogens with two attached hydrogens (primary N) is 2. The molecule has 0 bridgehead atoms. The predicted molar refractivity (Wildman–Crippen MR) is 90.0 cm³/mol. The Balaban J connectivity index is 2.05. The van der Waals surface area contributed by atoms with Gasteiger partial charge in [0.2, 0.25) is 21.9 Å². The van der Waals surface area contributed by atoms with Gasteiger partial charge in [-0.3, -0.25) is 10.1 Å². The summed E-state index contributed by atoms with van der Waals surface area (Å²) in [6.07, 6.45) is 2.37. The Morgan fingerprint density at radius 2 is 1.88 bits per heavy atom. The molecule has 0 saturated carbocycles. The summed E-state index contributed by atoms with van der Waals surface area (Å²) >= 11 is 0. The van der Waals surface area contributed by atoms with Crippen molar-refractivity contribution in [1.29, 1.82) is 0 Å². The van der Waals surface area contributed by atoms with Crippen LogP contribution in [0.5, 0.6) is 0 Å². The van der Waals surface area contributed by atoms with Gasteiger partial charge in [0.25, 0.3) is 0 Å². The highest BCUT2D eigenvalue weighted by Gasteiger charge is 2.08. The molecule has 1 aromatic heterocycles. The molecule has 0 aliphatic carbocycles.